The Morgan fingerprint density at radius 1 is 1.09 bits per heavy atom. The van der Waals surface area contributed by atoms with E-state index in [1.54, 1.807) is 0 Å². The first-order valence-corrected chi connectivity index (χ1v) is 8.97. The summed E-state index contributed by atoms with van der Waals surface area (Å²) in [7, 11) is 0. The number of nitrogens with one attached hydrogen (secondary N) is 1. The molecular weight excluding hydrogens is 286 g/mol. The predicted octanol–water partition coefficient (Wildman–Crippen LogP) is 3.46. The zero-order valence-corrected chi connectivity index (χ0v) is 15.2. The summed E-state index contributed by atoms with van der Waals surface area (Å²) in [6.45, 7) is 12.5. The van der Waals surface area contributed by atoms with Gasteiger partial charge in [-0.3, -0.25) is 0 Å². The number of anilines is 2. The minimum absolute atomic E-state index is 0.291. The van der Waals surface area contributed by atoms with Gasteiger partial charge in [-0.15, -0.1) is 0 Å². The number of hydrogen-bond donors (Lipinski definition) is 2. The molecule has 1 aromatic rings. The van der Waals surface area contributed by atoms with Crippen molar-refractivity contribution in [1.82, 2.24) is 0 Å². The Hall–Kier alpha value is -1.26. The zero-order valence-electron chi connectivity index (χ0n) is 15.2. The summed E-state index contributed by atoms with van der Waals surface area (Å²) in [4.78, 5) is 2.46. The molecule has 0 aromatic heterocycles. The monoisotopic (exact) mass is 319 g/mol. The maximum atomic E-state index is 5.85. The number of aryl methyl sites for hydroxylation is 2. The van der Waals surface area contributed by atoms with Crippen LogP contribution in [0.15, 0.2) is 12.1 Å². The first-order chi connectivity index (χ1) is 11.0. The average Bonchev–Trinajstić information content (AvgIpc) is 2.49. The Balaban J connectivity index is 2.02. The highest BCUT2D eigenvalue weighted by Gasteiger charge is 2.23. The molecule has 4 nitrogen and oxygen atoms in total. The smallest absolute Gasteiger partial charge is 0.0726 e. The van der Waals surface area contributed by atoms with Crippen LogP contribution >= 0.6 is 0 Å². The Morgan fingerprint density at radius 2 is 1.78 bits per heavy atom. The van der Waals surface area contributed by atoms with Gasteiger partial charge < -0.3 is 20.7 Å². The predicted molar refractivity (Wildman–Crippen MR) is 99.5 cm³/mol. The molecule has 4 heteroatoms. The van der Waals surface area contributed by atoms with Crippen LogP contribution in [0.5, 0.6) is 0 Å². The molecule has 0 saturated carbocycles. The van der Waals surface area contributed by atoms with Crippen molar-refractivity contribution in [2.75, 3.05) is 36.4 Å². The van der Waals surface area contributed by atoms with Gasteiger partial charge in [0.25, 0.3) is 0 Å². The molecule has 0 aliphatic carbocycles. The molecule has 2 atom stereocenters. The van der Waals surface area contributed by atoms with Crippen molar-refractivity contribution in [2.45, 2.75) is 59.2 Å². The number of rotatable bonds is 7. The van der Waals surface area contributed by atoms with E-state index in [2.05, 4.69) is 50.0 Å². The molecule has 23 heavy (non-hydrogen) atoms. The highest BCUT2D eigenvalue weighted by molar-refractivity contribution is 5.65. The van der Waals surface area contributed by atoms with Crippen LogP contribution in [-0.2, 0) is 4.74 Å². The molecule has 1 aliphatic rings. The van der Waals surface area contributed by atoms with Crippen LogP contribution in [0.3, 0.4) is 0 Å². The van der Waals surface area contributed by atoms with Crippen LogP contribution < -0.4 is 16.0 Å². The summed E-state index contributed by atoms with van der Waals surface area (Å²) < 4.78 is 5.85. The van der Waals surface area contributed by atoms with E-state index < -0.39 is 0 Å². The van der Waals surface area contributed by atoms with E-state index in [9.17, 15) is 0 Å². The number of ether oxygens (including phenoxy) is 1. The normalized spacial score (nSPS) is 21.5. The minimum atomic E-state index is 0.291. The van der Waals surface area contributed by atoms with Gasteiger partial charge in [0.1, 0.15) is 0 Å². The minimum Gasteiger partial charge on any atom is -0.385 e. The number of nitrogens with zero attached hydrogens (tertiary/aromatic N) is 1. The molecule has 1 aliphatic heterocycles. The van der Waals surface area contributed by atoms with Gasteiger partial charge in [-0.1, -0.05) is 6.42 Å². The fourth-order valence-electron chi connectivity index (χ4n) is 3.38. The van der Waals surface area contributed by atoms with Crippen LogP contribution in [0, 0.1) is 13.8 Å². The largest absolute Gasteiger partial charge is 0.385 e. The molecule has 2 rings (SSSR count). The first kappa shape index (κ1) is 18.1. The van der Waals surface area contributed by atoms with E-state index in [-0.39, 0.29) is 0 Å². The molecule has 1 fully saturated rings. The zero-order chi connectivity index (χ0) is 16.8. The van der Waals surface area contributed by atoms with Crippen molar-refractivity contribution >= 4 is 11.4 Å². The van der Waals surface area contributed by atoms with Crippen molar-refractivity contribution in [1.29, 1.82) is 0 Å². The Bertz CT molecular complexity index is 494. The van der Waals surface area contributed by atoms with E-state index in [4.69, 9.17) is 10.5 Å². The van der Waals surface area contributed by atoms with Gasteiger partial charge in [0.15, 0.2) is 0 Å². The third-order valence-electron chi connectivity index (χ3n) is 4.50. The van der Waals surface area contributed by atoms with Crippen molar-refractivity contribution < 1.29 is 4.74 Å². The fourth-order valence-corrected chi connectivity index (χ4v) is 3.38. The highest BCUT2D eigenvalue weighted by Crippen LogP contribution is 2.29. The van der Waals surface area contributed by atoms with Crippen molar-refractivity contribution in [2.24, 2.45) is 5.73 Å². The fraction of sp³-hybridized carbons (Fsp3) is 0.684. The molecule has 0 amide bonds. The third kappa shape index (κ3) is 5.11. The van der Waals surface area contributed by atoms with Crippen LogP contribution in [0.25, 0.3) is 0 Å². The number of nitrogens with two attached hydrogens (primary N) is 1. The summed E-state index contributed by atoms with van der Waals surface area (Å²) in [5.74, 6) is 0. The standard InChI is InChI=1S/C19H33N3O/c1-14-11-19(22-12-16(3)23-17(4)13-22)15(2)10-18(14)21-9-7-5-6-8-20/h10-11,16-17,21H,5-9,12-13,20H2,1-4H3/t16-,17+. The molecule has 3 N–H and O–H groups in total. The maximum absolute atomic E-state index is 5.85. The summed E-state index contributed by atoms with van der Waals surface area (Å²) in [5, 5.41) is 3.58. The molecule has 1 saturated heterocycles. The van der Waals surface area contributed by atoms with Crippen molar-refractivity contribution in [3.8, 4) is 0 Å². The Labute approximate surface area is 141 Å². The van der Waals surface area contributed by atoms with Crippen molar-refractivity contribution in [3.63, 3.8) is 0 Å². The summed E-state index contributed by atoms with van der Waals surface area (Å²) in [5.41, 5.74) is 10.8. The molecule has 0 spiro atoms. The van der Waals surface area contributed by atoms with Crippen LogP contribution in [-0.4, -0.2) is 38.4 Å². The molecule has 0 unspecified atom stereocenters. The average molecular weight is 319 g/mol. The second-order valence-electron chi connectivity index (χ2n) is 6.89. The summed E-state index contributed by atoms with van der Waals surface area (Å²) in [6.07, 6.45) is 4.07. The van der Waals surface area contributed by atoms with Gasteiger partial charge in [-0.25, -0.2) is 0 Å². The van der Waals surface area contributed by atoms with Gasteiger partial charge in [-0.2, -0.15) is 0 Å². The van der Waals surface area contributed by atoms with Gasteiger partial charge in [0.05, 0.1) is 12.2 Å². The Kier molecular flexibility index (Phi) is 6.72. The van der Waals surface area contributed by atoms with Crippen molar-refractivity contribution in [3.05, 3.63) is 23.3 Å². The lowest BCUT2D eigenvalue weighted by molar-refractivity contribution is -0.00524. The molecular formula is C19H33N3O. The maximum Gasteiger partial charge on any atom is 0.0726 e. The van der Waals surface area contributed by atoms with Gasteiger partial charge in [0, 0.05) is 31.0 Å². The summed E-state index contributed by atoms with van der Waals surface area (Å²) >= 11 is 0. The lowest BCUT2D eigenvalue weighted by Crippen LogP contribution is -2.45. The molecule has 130 valence electrons. The quantitative estimate of drug-likeness (QED) is 0.756. The molecule has 0 radical (unpaired) electrons. The van der Waals surface area contributed by atoms with E-state index in [1.165, 1.54) is 35.3 Å². The number of morpholine rings is 1. The molecule has 1 aromatic carbocycles. The van der Waals surface area contributed by atoms with Crippen LogP contribution in [0.1, 0.15) is 44.2 Å². The van der Waals surface area contributed by atoms with Crippen LogP contribution in [0.2, 0.25) is 0 Å². The molecule has 1 heterocycles. The number of benzene rings is 1. The highest BCUT2D eigenvalue weighted by atomic mass is 16.5. The Morgan fingerprint density at radius 3 is 2.43 bits per heavy atom. The van der Waals surface area contributed by atoms with E-state index in [0.29, 0.717) is 12.2 Å². The SMILES string of the molecule is Cc1cc(N2C[C@@H](C)O[C@@H](C)C2)c(C)cc1NCCCCCN. The van der Waals surface area contributed by atoms with E-state index in [0.717, 1.165) is 32.6 Å². The van der Waals surface area contributed by atoms with Gasteiger partial charge in [0.2, 0.25) is 0 Å². The second kappa shape index (κ2) is 8.55. The molecule has 0 bridgehead atoms. The van der Waals surface area contributed by atoms with Gasteiger partial charge in [-0.05, 0) is 70.3 Å². The third-order valence-corrected chi connectivity index (χ3v) is 4.50. The van der Waals surface area contributed by atoms with Gasteiger partial charge >= 0.3 is 0 Å². The lowest BCUT2D eigenvalue weighted by atomic mass is 10.1. The summed E-state index contributed by atoms with van der Waals surface area (Å²) in [6, 6.07) is 4.61. The van der Waals surface area contributed by atoms with Crippen LogP contribution in [0.4, 0.5) is 11.4 Å². The lowest BCUT2D eigenvalue weighted by Gasteiger charge is -2.38. The van der Waals surface area contributed by atoms with E-state index >= 15 is 0 Å². The number of hydrogen-bond acceptors (Lipinski definition) is 4. The number of unbranched alkanes of at least 4 members (excludes halogenated alkanes) is 2. The first-order valence-electron chi connectivity index (χ1n) is 8.97. The second-order valence-corrected chi connectivity index (χ2v) is 6.89. The van der Waals surface area contributed by atoms with E-state index in [1.807, 2.05) is 0 Å². The topological polar surface area (TPSA) is 50.5 Å².